The minimum atomic E-state index is -0.220. The molecule has 0 aromatic heterocycles. The fraction of sp³-hybridized carbons (Fsp3) is 0.533. The molecule has 3 N–H and O–H groups in total. The standard InChI is InChI=1S/C15H23NO4/c1-3-11(4-2)16(7-8-17)10-15(20)13-6-5-12(18)9-14(13)19/h5-6,9,11,17-19H,3-4,7-8,10H2,1-2H3. The minimum Gasteiger partial charge on any atom is -0.508 e. The maximum atomic E-state index is 12.2. The Morgan fingerprint density at radius 3 is 2.40 bits per heavy atom. The lowest BCUT2D eigenvalue weighted by Crippen LogP contribution is -2.40. The molecule has 0 fully saturated rings. The zero-order valence-electron chi connectivity index (χ0n) is 12.0. The molecule has 20 heavy (non-hydrogen) atoms. The number of ketones is 1. The summed E-state index contributed by atoms with van der Waals surface area (Å²) in [5.41, 5.74) is 0.191. The number of aliphatic hydroxyl groups is 1. The lowest BCUT2D eigenvalue weighted by molar-refractivity contribution is 0.0848. The number of Topliss-reactive ketones (excluding diaryl/α,β-unsaturated/α-hetero) is 1. The molecule has 5 heteroatoms. The summed E-state index contributed by atoms with van der Waals surface area (Å²) in [5.74, 6) is -0.516. The van der Waals surface area contributed by atoms with Crippen molar-refractivity contribution in [2.75, 3.05) is 19.7 Å². The van der Waals surface area contributed by atoms with Gasteiger partial charge >= 0.3 is 0 Å². The van der Waals surface area contributed by atoms with Crippen molar-refractivity contribution < 1.29 is 20.1 Å². The van der Waals surface area contributed by atoms with E-state index in [0.717, 1.165) is 18.9 Å². The van der Waals surface area contributed by atoms with Gasteiger partial charge in [-0.25, -0.2) is 0 Å². The average Bonchev–Trinajstić information content (AvgIpc) is 2.40. The van der Waals surface area contributed by atoms with E-state index >= 15 is 0 Å². The monoisotopic (exact) mass is 281 g/mol. The van der Waals surface area contributed by atoms with Crippen molar-refractivity contribution in [3.8, 4) is 11.5 Å². The van der Waals surface area contributed by atoms with Crippen LogP contribution in [0.25, 0.3) is 0 Å². The van der Waals surface area contributed by atoms with Gasteiger partial charge in [-0.1, -0.05) is 13.8 Å². The molecule has 0 unspecified atom stereocenters. The van der Waals surface area contributed by atoms with Gasteiger partial charge in [-0.3, -0.25) is 9.69 Å². The number of phenolic OH excluding ortho intramolecular Hbond substituents is 2. The van der Waals surface area contributed by atoms with Gasteiger partial charge in [0.05, 0.1) is 18.7 Å². The van der Waals surface area contributed by atoms with Crippen molar-refractivity contribution in [1.82, 2.24) is 4.90 Å². The molecule has 0 aliphatic heterocycles. The number of phenols is 2. The van der Waals surface area contributed by atoms with Gasteiger partial charge in [0.25, 0.3) is 0 Å². The number of hydrogen-bond acceptors (Lipinski definition) is 5. The van der Waals surface area contributed by atoms with Gasteiger partial charge in [-0.2, -0.15) is 0 Å². The third-order valence-corrected chi connectivity index (χ3v) is 3.47. The van der Waals surface area contributed by atoms with Gasteiger partial charge < -0.3 is 15.3 Å². The molecule has 112 valence electrons. The fourth-order valence-electron chi connectivity index (χ4n) is 2.35. The Balaban J connectivity index is 2.84. The van der Waals surface area contributed by atoms with Crippen LogP contribution < -0.4 is 0 Å². The summed E-state index contributed by atoms with van der Waals surface area (Å²) < 4.78 is 0. The van der Waals surface area contributed by atoms with E-state index in [0.29, 0.717) is 6.54 Å². The van der Waals surface area contributed by atoms with Crippen LogP contribution in [0.1, 0.15) is 37.0 Å². The first-order valence-corrected chi connectivity index (χ1v) is 6.93. The van der Waals surface area contributed by atoms with Crippen LogP contribution in [0, 0.1) is 0 Å². The second-order valence-corrected chi connectivity index (χ2v) is 4.79. The Labute approximate surface area is 119 Å². The molecule has 0 aliphatic rings. The number of aromatic hydroxyl groups is 2. The van der Waals surface area contributed by atoms with Gasteiger partial charge in [0.2, 0.25) is 0 Å². The molecule has 1 rings (SSSR count). The van der Waals surface area contributed by atoms with Crippen LogP contribution in [0.5, 0.6) is 11.5 Å². The van der Waals surface area contributed by atoms with Crippen molar-refractivity contribution in [1.29, 1.82) is 0 Å². The average molecular weight is 281 g/mol. The molecule has 0 aliphatic carbocycles. The van der Waals surface area contributed by atoms with Crippen molar-refractivity contribution in [3.05, 3.63) is 23.8 Å². The highest BCUT2D eigenvalue weighted by molar-refractivity contribution is 6.00. The normalized spacial score (nSPS) is 11.2. The number of carbonyl (C=O) groups excluding carboxylic acids is 1. The molecule has 5 nitrogen and oxygen atoms in total. The first-order chi connectivity index (χ1) is 9.53. The molecule has 0 amide bonds. The number of rotatable bonds is 8. The molecular formula is C15H23NO4. The maximum Gasteiger partial charge on any atom is 0.180 e. The van der Waals surface area contributed by atoms with Gasteiger partial charge in [0, 0.05) is 18.7 Å². The van der Waals surface area contributed by atoms with Crippen molar-refractivity contribution >= 4 is 5.78 Å². The fourth-order valence-corrected chi connectivity index (χ4v) is 2.35. The molecular weight excluding hydrogens is 258 g/mol. The predicted octanol–water partition coefficient (Wildman–Crippen LogP) is 1.76. The van der Waals surface area contributed by atoms with E-state index in [1.807, 2.05) is 18.7 Å². The van der Waals surface area contributed by atoms with E-state index in [9.17, 15) is 15.0 Å². The number of carbonyl (C=O) groups is 1. The van der Waals surface area contributed by atoms with Crippen LogP contribution in [0.15, 0.2) is 18.2 Å². The Bertz CT molecular complexity index is 443. The minimum absolute atomic E-state index is 0.00859. The van der Waals surface area contributed by atoms with Crippen LogP contribution in [0.2, 0.25) is 0 Å². The number of benzene rings is 1. The molecule has 0 heterocycles. The summed E-state index contributed by atoms with van der Waals surface area (Å²) in [6.45, 7) is 4.65. The largest absolute Gasteiger partial charge is 0.508 e. The summed E-state index contributed by atoms with van der Waals surface area (Å²) in [6.07, 6.45) is 1.79. The first kappa shape index (κ1) is 16.5. The van der Waals surface area contributed by atoms with E-state index in [2.05, 4.69) is 0 Å². The Morgan fingerprint density at radius 1 is 1.25 bits per heavy atom. The Morgan fingerprint density at radius 2 is 1.90 bits per heavy atom. The van der Waals surface area contributed by atoms with E-state index < -0.39 is 0 Å². The summed E-state index contributed by atoms with van der Waals surface area (Å²) in [4.78, 5) is 14.2. The number of aliphatic hydroxyl groups excluding tert-OH is 1. The Kier molecular flexibility index (Phi) is 6.48. The first-order valence-electron chi connectivity index (χ1n) is 6.93. The lowest BCUT2D eigenvalue weighted by Gasteiger charge is -2.29. The highest BCUT2D eigenvalue weighted by atomic mass is 16.3. The molecule has 0 atom stereocenters. The Hall–Kier alpha value is -1.59. The van der Waals surface area contributed by atoms with E-state index in [1.54, 1.807) is 0 Å². The summed E-state index contributed by atoms with van der Waals surface area (Å²) in [6, 6.07) is 4.17. The molecule has 0 spiro atoms. The lowest BCUT2D eigenvalue weighted by atomic mass is 10.1. The second-order valence-electron chi connectivity index (χ2n) is 4.79. The van der Waals surface area contributed by atoms with Crippen LogP contribution in [-0.2, 0) is 0 Å². The van der Waals surface area contributed by atoms with E-state index in [1.165, 1.54) is 12.1 Å². The summed E-state index contributed by atoms with van der Waals surface area (Å²) in [5, 5.41) is 28.1. The van der Waals surface area contributed by atoms with Gasteiger partial charge in [-0.05, 0) is 25.0 Å². The molecule has 0 saturated heterocycles. The number of nitrogens with zero attached hydrogens (tertiary/aromatic N) is 1. The highest BCUT2D eigenvalue weighted by Crippen LogP contribution is 2.23. The van der Waals surface area contributed by atoms with Crippen LogP contribution in [-0.4, -0.2) is 51.7 Å². The molecule has 0 bridgehead atoms. The highest BCUT2D eigenvalue weighted by Gasteiger charge is 2.20. The maximum absolute atomic E-state index is 12.2. The summed E-state index contributed by atoms with van der Waals surface area (Å²) >= 11 is 0. The summed E-state index contributed by atoms with van der Waals surface area (Å²) in [7, 11) is 0. The van der Waals surface area contributed by atoms with Crippen molar-refractivity contribution in [2.45, 2.75) is 32.7 Å². The molecule has 0 radical (unpaired) electrons. The topological polar surface area (TPSA) is 81.0 Å². The molecule has 0 saturated carbocycles. The number of hydrogen-bond donors (Lipinski definition) is 3. The van der Waals surface area contributed by atoms with Crippen LogP contribution >= 0.6 is 0 Å². The second kappa shape index (κ2) is 7.87. The van der Waals surface area contributed by atoms with Gasteiger partial charge in [-0.15, -0.1) is 0 Å². The molecule has 1 aromatic carbocycles. The van der Waals surface area contributed by atoms with E-state index in [-0.39, 0.29) is 42.0 Å². The predicted molar refractivity (Wildman–Crippen MR) is 77.1 cm³/mol. The van der Waals surface area contributed by atoms with Gasteiger partial charge in [0.1, 0.15) is 11.5 Å². The zero-order chi connectivity index (χ0) is 15.1. The zero-order valence-corrected chi connectivity index (χ0v) is 12.0. The third kappa shape index (κ3) is 4.21. The van der Waals surface area contributed by atoms with Crippen LogP contribution in [0.4, 0.5) is 0 Å². The van der Waals surface area contributed by atoms with Crippen molar-refractivity contribution in [2.24, 2.45) is 0 Å². The molecule has 1 aromatic rings. The van der Waals surface area contributed by atoms with Gasteiger partial charge in [0.15, 0.2) is 5.78 Å². The van der Waals surface area contributed by atoms with Crippen molar-refractivity contribution in [3.63, 3.8) is 0 Å². The van der Waals surface area contributed by atoms with E-state index in [4.69, 9.17) is 5.11 Å². The smallest absolute Gasteiger partial charge is 0.180 e. The SMILES string of the molecule is CCC(CC)N(CCO)CC(=O)c1ccc(O)cc1O. The quantitative estimate of drug-likeness (QED) is 0.633. The van der Waals surface area contributed by atoms with Crippen LogP contribution in [0.3, 0.4) is 0 Å². The third-order valence-electron chi connectivity index (χ3n) is 3.47.